The van der Waals surface area contributed by atoms with E-state index in [0.717, 1.165) is 32.9 Å². The van der Waals surface area contributed by atoms with Crippen molar-refractivity contribution in [2.75, 3.05) is 0 Å². The van der Waals surface area contributed by atoms with Crippen molar-refractivity contribution < 1.29 is 8.42 Å². The van der Waals surface area contributed by atoms with Crippen molar-refractivity contribution >= 4 is 43.4 Å². The van der Waals surface area contributed by atoms with Crippen LogP contribution in [0.2, 0.25) is 5.02 Å². The quantitative estimate of drug-likeness (QED) is 0.326. The van der Waals surface area contributed by atoms with E-state index in [2.05, 4.69) is 6.07 Å². The minimum absolute atomic E-state index is 0.214. The zero-order chi connectivity index (χ0) is 20.9. The van der Waals surface area contributed by atoms with Crippen molar-refractivity contribution in [3.05, 3.63) is 95.6 Å². The van der Waals surface area contributed by atoms with Crippen molar-refractivity contribution in [1.29, 1.82) is 0 Å². The maximum atomic E-state index is 13.3. The van der Waals surface area contributed by atoms with E-state index in [1.807, 2.05) is 49.4 Å². The van der Waals surface area contributed by atoms with Gasteiger partial charge in [-0.3, -0.25) is 0 Å². The van der Waals surface area contributed by atoms with Crippen LogP contribution in [0, 0.1) is 6.92 Å². The molecule has 0 bridgehead atoms. The minimum Gasteiger partial charge on any atom is -0.248 e. The van der Waals surface area contributed by atoms with Crippen molar-refractivity contribution in [2.24, 2.45) is 0 Å². The molecule has 3 aromatic carbocycles. The molecule has 0 aliphatic carbocycles. The summed E-state index contributed by atoms with van der Waals surface area (Å²) >= 11 is 6.23. The van der Waals surface area contributed by atoms with Gasteiger partial charge in [-0.05, 0) is 43.3 Å². The molecule has 0 fully saturated rings. The molecule has 6 heteroatoms. The number of hydrogen-bond donors (Lipinski definition) is 0. The van der Waals surface area contributed by atoms with Gasteiger partial charge in [0.05, 0.1) is 26.6 Å². The van der Waals surface area contributed by atoms with Crippen molar-refractivity contribution in [1.82, 2.24) is 8.96 Å². The van der Waals surface area contributed by atoms with Crippen LogP contribution in [-0.2, 0) is 10.0 Å². The Morgan fingerprint density at radius 1 is 0.833 bits per heavy atom. The zero-order valence-corrected chi connectivity index (χ0v) is 17.7. The lowest BCUT2D eigenvalue weighted by atomic mass is 10.1. The predicted molar refractivity (Wildman–Crippen MR) is 121 cm³/mol. The first-order valence-electron chi connectivity index (χ1n) is 9.42. The molecular formula is C24H17ClN2O2S. The van der Waals surface area contributed by atoms with E-state index in [1.165, 1.54) is 10.2 Å². The molecular weight excluding hydrogens is 416 g/mol. The maximum absolute atomic E-state index is 13.3. The van der Waals surface area contributed by atoms with Gasteiger partial charge in [-0.1, -0.05) is 59.6 Å². The lowest BCUT2D eigenvalue weighted by Gasteiger charge is -2.11. The molecule has 30 heavy (non-hydrogen) atoms. The molecule has 0 aliphatic heterocycles. The highest BCUT2D eigenvalue weighted by Crippen LogP contribution is 2.31. The van der Waals surface area contributed by atoms with Gasteiger partial charge in [0.25, 0.3) is 10.0 Å². The number of aryl methyl sites for hydroxylation is 1. The summed E-state index contributed by atoms with van der Waals surface area (Å²) in [4.78, 5) is 4.95. The van der Waals surface area contributed by atoms with Crippen molar-refractivity contribution in [3.8, 4) is 11.3 Å². The fraction of sp³-hybridized carbons (Fsp3) is 0.0417. The molecule has 2 aromatic heterocycles. The highest BCUT2D eigenvalue weighted by Gasteiger charge is 2.21. The molecule has 5 aromatic rings. The van der Waals surface area contributed by atoms with Gasteiger partial charge in [-0.25, -0.2) is 17.4 Å². The molecule has 0 N–H and O–H groups in total. The van der Waals surface area contributed by atoms with Crippen molar-refractivity contribution in [2.45, 2.75) is 11.8 Å². The molecule has 0 unspecified atom stereocenters. The fourth-order valence-electron chi connectivity index (χ4n) is 3.58. The monoisotopic (exact) mass is 432 g/mol. The van der Waals surface area contributed by atoms with Gasteiger partial charge < -0.3 is 0 Å². The summed E-state index contributed by atoms with van der Waals surface area (Å²) < 4.78 is 27.8. The summed E-state index contributed by atoms with van der Waals surface area (Å²) in [6, 6.07) is 24.2. The first-order valence-corrected chi connectivity index (χ1v) is 11.2. The Balaban J connectivity index is 1.69. The highest BCUT2D eigenvalue weighted by molar-refractivity contribution is 7.90. The number of benzene rings is 3. The second-order valence-corrected chi connectivity index (χ2v) is 9.50. The van der Waals surface area contributed by atoms with Gasteiger partial charge in [0.15, 0.2) is 0 Å². The van der Waals surface area contributed by atoms with E-state index in [0.29, 0.717) is 10.7 Å². The number of hydrogen-bond acceptors (Lipinski definition) is 3. The summed E-state index contributed by atoms with van der Waals surface area (Å²) in [5.74, 6) is 0. The normalized spacial score (nSPS) is 11.9. The third kappa shape index (κ3) is 3.16. The second-order valence-electron chi connectivity index (χ2n) is 7.25. The van der Waals surface area contributed by atoms with Gasteiger partial charge in [0, 0.05) is 22.5 Å². The summed E-state index contributed by atoms with van der Waals surface area (Å²) in [5.41, 5.74) is 3.91. The van der Waals surface area contributed by atoms with Crippen LogP contribution >= 0.6 is 11.6 Å². The minimum atomic E-state index is -3.79. The molecule has 0 saturated heterocycles. The first kappa shape index (κ1) is 18.9. The standard InChI is InChI=1S/C24H17ClN2O2S/c1-16-6-10-21(11-7-16)30(28,29)27-15-20(25)14-24(27)19-9-8-18-12-17-4-2-3-5-22(17)26-23(18)13-19/h2-15H,1H3. The van der Waals surface area contributed by atoms with E-state index in [9.17, 15) is 8.42 Å². The Labute approximate surface area is 179 Å². The smallest absolute Gasteiger partial charge is 0.248 e. The molecule has 2 heterocycles. The Morgan fingerprint density at radius 2 is 1.57 bits per heavy atom. The van der Waals surface area contributed by atoms with E-state index >= 15 is 0 Å². The Hall–Kier alpha value is -3.15. The van der Waals surface area contributed by atoms with Gasteiger partial charge in [0.2, 0.25) is 0 Å². The average Bonchev–Trinajstić information content (AvgIpc) is 3.15. The number of pyridine rings is 1. The number of nitrogens with zero attached hydrogens (tertiary/aromatic N) is 2. The number of rotatable bonds is 3. The number of para-hydroxylation sites is 1. The van der Waals surface area contributed by atoms with Crippen molar-refractivity contribution in [3.63, 3.8) is 0 Å². The summed E-state index contributed by atoms with van der Waals surface area (Å²) in [5, 5.41) is 2.40. The van der Waals surface area contributed by atoms with Gasteiger partial charge in [-0.2, -0.15) is 0 Å². The molecule has 148 valence electrons. The SMILES string of the molecule is Cc1ccc(S(=O)(=O)n2cc(Cl)cc2-c2ccc3cc4ccccc4nc3c2)cc1. The van der Waals surface area contributed by atoms with Crippen LogP contribution in [0.5, 0.6) is 0 Å². The van der Waals surface area contributed by atoms with E-state index < -0.39 is 10.0 Å². The van der Waals surface area contributed by atoms with Crippen LogP contribution in [-0.4, -0.2) is 17.4 Å². The van der Waals surface area contributed by atoms with Crippen LogP contribution in [0.4, 0.5) is 0 Å². The van der Waals surface area contributed by atoms with E-state index in [1.54, 1.807) is 30.3 Å². The predicted octanol–water partition coefficient (Wildman–Crippen LogP) is 6.06. The van der Waals surface area contributed by atoms with Crippen LogP contribution in [0.1, 0.15) is 5.56 Å². The van der Waals surface area contributed by atoms with Crippen LogP contribution < -0.4 is 0 Å². The highest BCUT2D eigenvalue weighted by atomic mass is 35.5. The number of halogens is 1. The molecule has 4 nitrogen and oxygen atoms in total. The second kappa shape index (κ2) is 6.97. The lowest BCUT2D eigenvalue weighted by molar-refractivity contribution is 0.588. The molecule has 0 atom stereocenters. The van der Waals surface area contributed by atoms with E-state index in [4.69, 9.17) is 16.6 Å². The largest absolute Gasteiger partial charge is 0.268 e. The van der Waals surface area contributed by atoms with Crippen LogP contribution in [0.3, 0.4) is 0 Å². The third-order valence-electron chi connectivity index (χ3n) is 5.15. The molecule has 5 rings (SSSR count). The molecule has 0 saturated carbocycles. The lowest BCUT2D eigenvalue weighted by Crippen LogP contribution is -2.13. The Bertz CT molecular complexity index is 1520. The number of fused-ring (bicyclic) bond motifs is 2. The van der Waals surface area contributed by atoms with Crippen LogP contribution in [0.25, 0.3) is 33.1 Å². The number of aromatic nitrogens is 2. The first-order chi connectivity index (χ1) is 14.4. The summed E-state index contributed by atoms with van der Waals surface area (Å²) in [6.07, 6.45) is 1.43. The molecule has 0 aliphatic rings. The van der Waals surface area contributed by atoms with Gasteiger partial charge in [-0.15, -0.1) is 0 Å². The van der Waals surface area contributed by atoms with E-state index in [-0.39, 0.29) is 4.90 Å². The summed E-state index contributed by atoms with van der Waals surface area (Å²) in [6.45, 7) is 1.92. The summed E-state index contributed by atoms with van der Waals surface area (Å²) in [7, 11) is -3.79. The molecule has 0 amide bonds. The fourth-order valence-corrected chi connectivity index (χ4v) is 5.21. The molecule has 0 spiro atoms. The van der Waals surface area contributed by atoms with Gasteiger partial charge >= 0.3 is 0 Å². The Morgan fingerprint density at radius 3 is 2.37 bits per heavy atom. The zero-order valence-electron chi connectivity index (χ0n) is 16.1. The molecule has 0 radical (unpaired) electrons. The average molecular weight is 433 g/mol. The third-order valence-corrected chi connectivity index (χ3v) is 7.04. The Kier molecular flexibility index (Phi) is 4.38. The topological polar surface area (TPSA) is 52.0 Å². The maximum Gasteiger partial charge on any atom is 0.268 e. The van der Waals surface area contributed by atoms with Crippen LogP contribution in [0.15, 0.2) is 90.0 Å². The van der Waals surface area contributed by atoms with Gasteiger partial charge in [0.1, 0.15) is 0 Å².